The van der Waals surface area contributed by atoms with Crippen molar-refractivity contribution < 1.29 is 13.2 Å². The van der Waals surface area contributed by atoms with Crippen molar-refractivity contribution in [1.82, 2.24) is 9.62 Å². The molecule has 138 valence electrons. The highest BCUT2D eigenvalue weighted by Gasteiger charge is 2.26. The summed E-state index contributed by atoms with van der Waals surface area (Å²) in [5, 5.41) is 2.85. The van der Waals surface area contributed by atoms with Gasteiger partial charge in [0.1, 0.15) is 0 Å². The first-order chi connectivity index (χ1) is 12.4. The number of nitrogens with one attached hydrogen (secondary N) is 1. The SMILES string of the molecule is Nc1ccc(CC(=O)NCc2ccc(S(=O)(=O)N3CCCC3)cc2)cc1. The third-order valence-corrected chi connectivity index (χ3v) is 6.37. The molecule has 0 atom stereocenters. The van der Waals surface area contributed by atoms with E-state index in [2.05, 4.69) is 5.32 Å². The lowest BCUT2D eigenvalue weighted by Gasteiger charge is -2.15. The molecular weight excluding hydrogens is 350 g/mol. The maximum Gasteiger partial charge on any atom is 0.243 e. The Bertz CT molecular complexity index is 856. The van der Waals surface area contributed by atoms with Crippen molar-refractivity contribution in [3.63, 3.8) is 0 Å². The van der Waals surface area contributed by atoms with Crippen LogP contribution < -0.4 is 11.1 Å². The number of sulfonamides is 1. The summed E-state index contributed by atoms with van der Waals surface area (Å²) in [5.41, 5.74) is 8.04. The van der Waals surface area contributed by atoms with Crippen molar-refractivity contribution in [2.75, 3.05) is 18.8 Å². The summed E-state index contributed by atoms with van der Waals surface area (Å²) < 4.78 is 26.5. The minimum absolute atomic E-state index is 0.0939. The van der Waals surface area contributed by atoms with Crippen molar-refractivity contribution >= 4 is 21.6 Å². The highest BCUT2D eigenvalue weighted by Crippen LogP contribution is 2.21. The fourth-order valence-corrected chi connectivity index (χ4v) is 4.46. The molecule has 1 heterocycles. The Morgan fingerprint density at radius 1 is 0.962 bits per heavy atom. The molecule has 3 rings (SSSR count). The molecule has 0 aliphatic carbocycles. The molecule has 2 aromatic carbocycles. The maximum atomic E-state index is 12.5. The quantitative estimate of drug-likeness (QED) is 0.757. The summed E-state index contributed by atoms with van der Waals surface area (Å²) in [6, 6.07) is 13.9. The number of benzene rings is 2. The Kier molecular flexibility index (Phi) is 5.58. The molecule has 2 aromatic rings. The minimum Gasteiger partial charge on any atom is -0.399 e. The Hall–Kier alpha value is -2.38. The molecule has 1 saturated heterocycles. The fourth-order valence-electron chi connectivity index (χ4n) is 2.94. The highest BCUT2D eigenvalue weighted by atomic mass is 32.2. The van der Waals surface area contributed by atoms with E-state index in [1.807, 2.05) is 12.1 Å². The molecule has 7 heteroatoms. The molecule has 6 nitrogen and oxygen atoms in total. The summed E-state index contributed by atoms with van der Waals surface area (Å²) in [7, 11) is -3.40. The Labute approximate surface area is 154 Å². The summed E-state index contributed by atoms with van der Waals surface area (Å²) in [5.74, 6) is -0.0939. The third kappa shape index (κ3) is 4.42. The van der Waals surface area contributed by atoms with Crippen molar-refractivity contribution in [3.8, 4) is 0 Å². The highest BCUT2D eigenvalue weighted by molar-refractivity contribution is 7.89. The molecule has 0 spiro atoms. The molecule has 1 amide bonds. The molecule has 0 bridgehead atoms. The van der Waals surface area contributed by atoms with Gasteiger partial charge in [0.05, 0.1) is 11.3 Å². The van der Waals surface area contributed by atoms with Crippen LogP contribution in [0.3, 0.4) is 0 Å². The molecule has 1 aliphatic rings. The first-order valence-corrected chi connectivity index (χ1v) is 10.1. The van der Waals surface area contributed by atoms with E-state index in [0.29, 0.717) is 30.2 Å². The number of nitrogens with zero attached hydrogens (tertiary/aromatic N) is 1. The van der Waals surface area contributed by atoms with Crippen LogP contribution in [0.2, 0.25) is 0 Å². The number of carbonyl (C=O) groups is 1. The first kappa shape index (κ1) is 18.4. The molecule has 26 heavy (non-hydrogen) atoms. The van der Waals surface area contributed by atoms with Crippen LogP contribution in [0.25, 0.3) is 0 Å². The Morgan fingerprint density at radius 3 is 2.15 bits per heavy atom. The van der Waals surface area contributed by atoms with E-state index in [1.54, 1.807) is 36.4 Å². The van der Waals surface area contributed by atoms with E-state index < -0.39 is 10.0 Å². The molecule has 1 aliphatic heterocycles. The van der Waals surface area contributed by atoms with Crippen molar-refractivity contribution in [1.29, 1.82) is 0 Å². The average molecular weight is 373 g/mol. The largest absolute Gasteiger partial charge is 0.399 e. The topological polar surface area (TPSA) is 92.5 Å². The zero-order chi connectivity index (χ0) is 18.6. The molecular formula is C19H23N3O3S. The standard InChI is InChI=1S/C19H23N3O3S/c20-17-7-3-15(4-8-17)13-19(23)21-14-16-5-9-18(10-6-16)26(24,25)22-11-1-2-12-22/h3-10H,1-2,11-14,20H2,(H,21,23). The van der Waals surface area contributed by atoms with Gasteiger partial charge in [-0.25, -0.2) is 8.42 Å². The van der Waals surface area contributed by atoms with Gasteiger partial charge >= 0.3 is 0 Å². The molecule has 3 N–H and O–H groups in total. The van der Waals surface area contributed by atoms with Crippen molar-refractivity contribution in [2.24, 2.45) is 0 Å². The van der Waals surface area contributed by atoms with Crippen LogP contribution in [-0.2, 0) is 27.8 Å². The third-order valence-electron chi connectivity index (χ3n) is 4.46. The summed E-state index contributed by atoms with van der Waals surface area (Å²) in [4.78, 5) is 12.3. The number of nitrogens with two attached hydrogens (primary N) is 1. The van der Waals surface area contributed by atoms with E-state index in [4.69, 9.17) is 5.73 Å². The van der Waals surface area contributed by atoms with Crippen molar-refractivity contribution in [2.45, 2.75) is 30.7 Å². The molecule has 1 fully saturated rings. The zero-order valence-corrected chi connectivity index (χ0v) is 15.3. The average Bonchev–Trinajstić information content (AvgIpc) is 3.18. The van der Waals surface area contributed by atoms with Crippen LogP contribution in [0.5, 0.6) is 0 Å². The minimum atomic E-state index is -3.40. The van der Waals surface area contributed by atoms with E-state index in [0.717, 1.165) is 24.0 Å². The molecule has 0 aromatic heterocycles. The first-order valence-electron chi connectivity index (χ1n) is 8.65. The second-order valence-corrected chi connectivity index (χ2v) is 8.39. The predicted octanol–water partition coefficient (Wildman–Crippen LogP) is 1.91. The summed E-state index contributed by atoms with van der Waals surface area (Å²) >= 11 is 0. The fraction of sp³-hybridized carbons (Fsp3) is 0.316. The number of rotatable bonds is 6. The van der Waals surface area contributed by atoms with Crippen LogP contribution in [0, 0.1) is 0 Å². The second-order valence-electron chi connectivity index (χ2n) is 6.45. The molecule has 0 unspecified atom stereocenters. The number of amides is 1. The van der Waals surface area contributed by atoms with Crippen LogP contribution in [-0.4, -0.2) is 31.7 Å². The maximum absolute atomic E-state index is 12.5. The van der Waals surface area contributed by atoms with Crippen LogP contribution in [0.4, 0.5) is 5.69 Å². The van der Waals surface area contributed by atoms with Gasteiger partial charge in [-0.15, -0.1) is 0 Å². The lowest BCUT2D eigenvalue weighted by atomic mass is 10.1. The Balaban J connectivity index is 1.55. The number of nitrogen functional groups attached to an aromatic ring is 1. The second kappa shape index (κ2) is 7.88. The zero-order valence-electron chi connectivity index (χ0n) is 14.5. The van der Waals surface area contributed by atoms with Gasteiger partial charge < -0.3 is 11.1 Å². The molecule has 0 saturated carbocycles. The van der Waals surface area contributed by atoms with E-state index in [1.165, 1.54) is 4.31 Å². The monoisotopic (exact) mass is 373 g/mol. The van der Waals surface area contributed by atoms with Gasteiger partial charge in [-0.05, 0) is 48.2 Å². The number of hydrogen-bond acceptors (Lipinski definition) is 4. The van der Waals surface area contributed by atoms with E-state index in [9.17, 15) is 13.2 Å². The lowest BCUT2D eigenvalue weighted by Crippen LogP contribution is -2.28. The van der Waals surface area contributed by atoms with Crippen LogP contribution in [0.15, 0.2) is 53.4 Å². The van der Waals surface area contributed by atoms with Gasteiger partial charge in [-0.3, -0.25) is 4.79 Å². The van der Waals surface area contributed by atoms with Gasteiger partial charge in [-0.2, -0.15) is 4.31 Å². The predicted molar refractivity (Wildman–Crippen MR) is 101 cm³/mol. The van der Waals surface area contributed by atoms with Gasteiger partial charge in [0, 0.05) is 25.3 Å². The smallest absolute Gasteiger partial charge is 0.243 e. The van der Waals surface area contributed by atoms with Gasteiger partial charge in [0.25, 0.3) is 0 Å². The van der Waals surface area contributed by atoms with Gasteiger partial charge in [-0.1, -0.05) is 24.3 Å². The lowest BCUT2D eigenvalue weighted by molar-refractivity contribution is -0.120. The van der Waals surface area contributed by atoms with Crippen molar-refractivity contribution in [3.05, 3.63) is 59.7 Å². The normalized spacial score (nSPS) is 15.1. The van der Waals surface area contributed by atoms with E-state index in [-0.39, 0.29) is 12.3 Å². The molecule has 0 radical (unpaired) electrons. The Morgan fingerprint density at radius 2 is 1.54 bits per heavy atom. The number of hydrogen-bond donors (Lipinski definition) is 2. The van der Waals surface area contributed by atoms with Crippen LogP contribution in [0.1, 0.15) is 24.0 Å². The summed E-state index contributed by atoms with van der Waals surface area (Å²) in [6.07, 6.45) is 2.11. The van der Waals surface area contributed by atoms with Crippen LogP contribution >= 0.6 is 0 Å². The number of carbonyl (C=O) groups excluding carboxylic acids is 1. The van der Waals surface area contributed by atoms with E-state index >= 15 is 0 Å². The summed E-state index contributed by atoms with van der Waals surface area (Å²) in [6.45, 7) is 1.54. The van der Waals surface area contributed by atoms with Gasteiger partial charge in [0.2, 0.25) is 15.9 Å². The number of anilines is 1. The van der Waals surface area contributed by atoms with Gasteiger partial charge in [0.15, 0.2) is 0 Å².